The largest absolute Gasteiger partial charge is 0.492 e. The van der Waals surface area contributed by atoms with Crippen LogP contribution in [0.25, 0.3) is 11.2 Å². The first-order valence-corrected chi connectivity index (χ1v) is 15.2. The summed E-state index contributed by atoms with van der Waals surface area (Å²) in [6.45, 7) is 9.94. The molecule has 12 heteroatoms. The van der Waals surface area contributed by atoms with E-state index in [1.165, 1.54) is 12.8 Å². The number of imidazole rings is 1. The van der Waals surface area contributed by atoms with E-state index >= 15 is 0 Å². The molecule has 0 aliphatic carbocycles. The Balaban J connectivity index is 1.07. The minimum atomic E-state index is -0.839. The van der Waals surface area contributed by atoms with Crippen molar-refractivity contribution >= 4 is 23.0 Å². The number of nitrogens with one attached hydrogen (secondary N) is 1. The topological polar surface area (TPSA) is 152 Å². The van der Waals surface area contributed by atoms with Crippen molar-refractivity contribution in [3.8, 4) is 11.8 Å². The molecule has 12 nitrogen and oxygen atoms in total. The van der Waals surface area contributed by atoms with Gasteiger partial charge in [0.15, 0.2) is 11.5 Å². The second-order valence-corrected chi connectivity index (χ2v) is 10.9. The summed E-state index contributed by atoms with van der Waals surface area (Å²) >= 11 is 0. The van der Waals surface area contributed by atoms with Crippen molar-refractivity contribution in [3.05, 3.63) is 40.3 Å². The van der Waals surface area contributed by atoms with Crippen LogP contribution in [-0.4, -0.2) is 92.9 Å². The number of H-pyrrole nitrogens is 1. The molecule has 1 aliphatic heterocycles. The standard InChI is InChI=1S/C30H45N7O5/c1-2-3-19-42-29-33-27(31)26-28(34-29)37(30(40)32-26)13-8-6-4-5-7-12-35-14-16-36(17-15-35)18-20-41-24-11-9-10-23(21-24)22-25(38)39/h9-11,21H,2-8,12-20,22H2,1H3,(H,32,40)(H,38,39)(H2,31,33,34). The van der Waals surface area contributed by atoms with E-state index in [0.717, 1.165) is 82.7 Å². The van der Waals surface area contributed by atoms with E-state index < -0.39 is 5.97 Å². The third-order valence-corrected chi connectivity index (χ3v) is 7.61. The van der Waals surface area contributed by atoms with E-state index in [9.17, 15) is 9.59 Å². The van der Waals surface area contributed by atoms with Crippen molar-refractivity contribution < 1.29 is 19.4 Å². The molecule has 1 fully saturated rings. The average Bonchev–Trinajstić information content (AvgIpc) is 3.28. The van der Waals surface area contributed by atoms with Gasteiger partial charge in [0.1, 0.15) is 17.9 Å². The number of hydrogen-bond acceptors (Lipinski definition) is 9. The van der Waals surface area contributed by atoms with Crippen LogP contribution in [0.15, 0.2) is 29.1 Å². The average molecular weight is 584 g/mol. The molecule has 0 atom stereocenters. The number of carboxylic acids is 1. The lowest BCUT2D eigenvalue weighted by Crippen LogP contribution is -2.47. The first kappa shape index (κ1) is 31.3. The molecular weight excluding hydrogens is 538 g/mol. The highest BCUT2D eigenvalue weighted by molar-refractivity contribution is 5.81. The number of benzene rings is 1. The highest BCUT2D eigenvalue weighted by Gasteiger charge is 2.17. The van der Waals surface area contributed by atoms with Crippen molar-refractivity contribution in [2.75, 3.05) is 58.2 Å². The summed E-state index contributed by atoms with van der Waals surface area (Å²) < 4.78 is 13.1. The van der Waals surface area contributed by atoms with Crippen molar-refractivity contribution in [3.63, 3.8) is 0 Å². The van der Waals surface area contributed by atoms with Gasteiger partial charge >= 0.3 is 17.7 Å². The van der Waals surface area contributed by atoms with Gasteiger partial charge in [0.25, 0.3) is 0 Å². The molecule has 0 spiro atoms. The SMILES string of the molecule is CCCCOc1nc(N)c2[nH]c(=O)n(CCCCCCCN3CCN(CCOc4cccc(CC(=O)O)c4)CC3)c2n1. The lowest BCUT2D eigenvalue weighted by molar-refractivity contribution is -0.136. The molecule has 1 aliphatic rings. The van der Waals surface area contributed by atoms with Gasteiger partial charge in [0.2, 0.25) is 0 Å². The van der Waals surface area contributed by atoms with Gasteiger partial charge in [-0.05, 0) is 43.5 Å². The van der Waals surface area contributed by atoms with E-state index in [2.05, 4.69) is 31.7 Å². The minimum absolute atomic E-state index is 0.00738. The number of rotatable bonds is 18. The predicted molar refractivity (Wildman–Crippen MR) is 162 cm³/mol. The maximum absolute atomic E-state index is 12.5. The number of aromatic amines is 1. The number of nitrogens with two attached hydrogens (primary N) is 1. The normalized spacial score (nSPS) is 14.4. The summed E-state index contributed by atoms with van der Waals surface area (Å²) in [5, 5.41) is 8.96. The number of aliphatic carboxylic acids is 1. The Morgan fingerprint density at radius 1 is 0.952 bits per heavy atom. The molecule has 42 heavy (non-hydrogen) atoms. The molecule has 0 saturated carbocycles. The lowest BCUT2D eigenvalue weighted by atomic mass is 10.1. The van der Waals surface area contributed by atoms with Gasteiger partial charge in [-0.25, -0.2) is 4.79 Å². The number of carbonyl (C=O) groups is 1. The number of unbranched alkanes of at least 4 members (excludes halogenated alkanes) is 5. The van der Waals surface area contributed by atoms with Gasteiger partial charge in [-0.2, -0.15) is 9.97 Å². The van der Waals surface area contributed by atoms with Crippen LogP contribution in [0.2, 0.25) is 0 Å². The zero-order valence-corrected chi connectivity index (χ0v) is 24.7. The summed E-state index contributed by atoms with van der Waals surface area (Å²) in [6.07, 6.45) is 7.34. The van der Waals surface area contributed by atoms with Crippen LogP contribution in [0, 0.1) is 0 Å². The molecule has 4 N–H and O–H groups in total. The Morgan fingerprint density at radius 2 is 1.67 bits per heavy atom. The summed E-state index contributed by atoms with van der Waals surface area (Å²) in [6, 6.07) is 7.54. The van der Waals surface area contributed by atoms with E-state index in [1.54, 1.807) is 16.7 Å². The van der Waals surface area contributed by atoms with Crippen molar-refractivity contribution in [2.45, 2.75) is 64.8 Å². The Hall–Kier alpha value is -3.64. The maximum atomic E-state index is 12.5. The van der Waals surface area contributed by atoms with Gasteiger partial charge < -0.3 is 30.2 Å². The van der Waals surface area contributed by atoms with Crippen molar-refractivity contribution in [2.24, 2.45) is 0 Å². The Bertz CT molecular complexity index is 1330. The van der Waals surface area contributed by atoms with Crippen LogP contribution in [0.4, 0.5) is 5.82 Å². The van der Waals surface area contributed by atoms with Gasteiger partial charge in [-0.3, -0.25) is 14.3 Å². The lowest BCUT2D eigenvalue weighted by Gasteiger charge is -2.34. The fraction of sp³-hybridized carbons (Fsp3) is 0.600. The molecule has 3 aromatic rings. The van der Waals surface area contributed by atoms with Crippen molar-refractivity contribution in [1.82, 2.24) is 29.3 Å². The molecule has 0 bridgehead atoms. The molecule has 3 heterocycles. The Morgan fingerprint density at radius 3 is 2.40 bits per heavy atom. The van der Waals surface area contributed by atoms with Crippen LogP contribution >= 0.6 is 0 Å². The molecule has 2 aromatic heterocycles. The number of anilines is 1. The fourth-order valence-electron chi connectivity index (χ4n) is 5.20. The fourth-order valence-corrected chi connectivity index (χ4v) is 5.20. The monoisotopic (exact) mass is 583 g/mol. The number of aromatic nitrogens is 4. The number of hydrogen-bond donors (Lipinski definition) is 3. The van der Waals surface area contributed by atoms with Gasteiger partial charge in [0.05, 0.1) is 13.0 Å². The second-order valence-electron chi connectivity index (χ2n) is 10.9. The minimum Gasteiger partial charge on any atom is -0.492 e. The number of carboxylic acid groups (broad SMARTS) is 1. The molecule has 0 radical (unpaired) electrons. The van der Waals surface area contributed by atoms with Gasteiger partial charge in [0, 0.05) is 39.3 Å². The third kappa shape index (κ3) is 9.45. The van der Waals surface area contributed by atoms with Crippen molar-refractivity contribution in [1.29, 1.82) is 0 Å². The summed E-state index contributed by atoms with van der Waals surface area (Å²) in [5.41, 5.74) is 7.56. The zero-order chi connectivity index (χ0) is 29.7. The molecule has 230 valence electrons. The summed E-state index contributed by atoms with van der Waals surface area (Å²) in [7, 11) is 0. The van der Waals surface area contributed by atoms with Gasteiger partial charge in [-0.15, -0.1) is 0 Å². The molecule has 4 rings (SSSR count). The third-order valence-electron chi connectivity index (χ3n) is 7.61. The quantitative estimate of drug-likeness (QED) is 0.190. The molecule has 1 saturated heterocycles. The molecule has 1 aromatic carbocycles. The van der Waals surface area contributed by atoms with E-state index in [-0.39, 0.29) is 23.9 Å². The highest BCUT2D eigenvalue weighted by atomic mass is 16.5. The number of aryl methyl sites for hydroxylation is 1. The van der Waals surface area contributed by atoms with E-state index in [4.69, 9.17) is 20.3 Å². The van der Waals surface area contributed by atoms with Gasteiger partial charge in [-0.1, -0.05) is 44.7 Å². The molecule has 0 amide bonds. The first-order valence-electron chi connectivity index (χ1n) is 15.2. The smallest absolute Gasteiger partial charge is 0.327 e. The predicted octanol–water partition coefficient (Wildman–Crippen LogP) is 3.15. The van der Waals surface area contributed by atoms with Crippen LogP contribution in [-0.2, 0) is 17.8 Å². The number of nitrogen functional groups attached to an aromatic ring is 1. The first-order chi connectivity index (χ1) is 20.4. The van der Waals surface area contributed by atoms with Crippen LogP contribution in [0.3, 0.4) is 0 Å². The van der Waals surface area contributed by atoms with E-state index in [0.29, 0.717) is 30.9 Å². The number of fused-ring (bicyclic) bond motifs is 1. The Labute approximate surface area is 246 Å². The van der Waals surface area contributed by atoms with Crippen LogP contribution < -0.4 is 20.9 Å². The number of ether oxygens (including phenoxy) is 2. The van der Waals surface area contributed by atoms with E-state index in [1.807, 2.05) is 12.1 Å². The zero-order valence-electron chi connectivity index (χ0n) is 24.7. The van der Waals surface area contributed by atoms with Crippen LogP contribution in [0.1, 0.15) is 57.4 Å². The molecule has 0 unspecified atom stereocenters. The molecular formula is C30H45N7O5. The summed E-state index contributed by atoms with van der Waals surface area (Å²) in [4.78, 5) is 39.8. The second kappa shape index (κ2) is 16.1. The van der Waals surface area contributed by atoms with Crippen LogP contribution in [0.5, 0.6) is 11.8 Å². The Kier molecular flexibility index (Phi) is 12.0. The highest BCUT2D eigenvalue weighted by Crippen LogP contribution is 2.19. The number of nitrogens with zero attached hydrogens (tertiary/aromatic N) is 5. The number of piperazine rings is 1. The summed E-state index contributed by atoms with van der Waals surface area (Å²) in [5.74, 6) is 0.118. The maximum Gasteiger partial charge on any atom is 0.327 e.